The zero-order chi connectivity index (χ0) is 32.6. The molecule has 1 aliphatic heterocycles. The van der Waals surface area contributed by atoms with Gasteiger partial charge in [0.1, 0.15) is 19.5 Å². The van der Waals surface area contributed by atoms with Crippen molar-refractivity contribution in [3.63, 3.8) is 0 Å². The number of non-ortho nitro benzene ring substituents is 1. The van der Waals surface area contributed by atoms with E-state index in [-0.39, 0.29) is 30.4 Å². The summed E-state index contributed by atoms with van der Waals surface area (Å²) in [5.41, 5.74) is 3.47. The van der Waals surface area contributed by atoms with Crippen molar-refractivity contribution in [1.29, 1.82) is 0 Å². The second-order valence-corrected chi connectivity index (χ2v) is 11.0. The predicted octanol–water partition coefficient (Wildman–Crippen LogP) is 6.82. The van der Waals surface area contributed by atoms with Crippen LogP contribution in [0.5, 0.6) is 23.0 Å². The van der Waals surface area contributed by atoms with Gasteiger partial charge in [0, 0.05) is 17.7 Å². The third-order valence-corrected chi connectivity index (χ3v) is 7.86. The van der Waals surface area contributed by atoms with Crippen LogP contribution in [0.25, 0.3) is 6.08 Å². The molecule has 234 valence electrons. The summed E-state index contributed by atoms with van der Waals surface area (Å²) in [7, 11) is 3.03. The predicted molar refractivity (Wildman–Crippen MR) is 171 cm³/mol. The molecule has 0 saturated carbocycles. The van der Waals surface area contributed by atoms with Crippen LogP contribution in [0.4, 0.5) is 10.5 Å². The first-order valence-corrected chi connectivity index (χ1v) is 14.7. The monoisotopic (exact) mass is 640 g/mol. The van der Waals surface area contributed by atoms with Crippen molar-refractivity contribution in [2.75, 3.05) is 14.2 Å². The smallest absolute Gasteiger partial charge is 0.293 e. The van der Waals surface area contributed by atoms with E-state index in [0.717, 1.165) is 34.1 Å². The second-order valence-electron chi connectivity index (χ2n) is 10.0. The van der Waals surface area contributed by atoms with Crippen molar-refractivity contribution in [2.24, 2.45) is 0 Å². The highest BCUT2D eigenvalue weighted by Crippen LogP contribution is 2.36. The van der Waals surface area contributed by atoms with Gasteiger partial charge in [0.15, 0.2) is 23.0 Å². The first-order valence-electron chi connectivity index (χ1n) is 13.9. The molecule has 4 aromatic rings. The quantitative estimate of drug-likeness (QED) is 0.0663. The summed E-state index contributed by atoms with van der Waals surface area (Å²) in [5, 5.41) is 10.5. The molecule has 1 heterocycles. The third-order valence-electron chi connectivity index (χ3n) is 6.95. The van der Waals surface area contributed by atoms with Crippen LogP contribution in [0.3, 0.4) is 0 Å². The van der Waals surface area contributed by atoms with Crippen LogP contribution in [0.2, 0.25) is 0 Å². The average Bonchev–Trinajstić information content (AvgIpc) is 3.33. The second kappa shape index (κ2) is 14.4. The number of carbonyl (C=O) groups excluding carboxylic acids is 3. The highest BCUT2D eigenvalue weighted by molar-refractivity contribution is 8.18. The molecule has 1 saturated heterocycles. The molecule has 0 spiro atoms. The van der Waals surface area contributed by atoms with Crippen LogP contribution in [0.1, 0.15) is 32.6 Å². The minimum Gasteiger partial charge on any atom is -0.493 e. The van der Waals surface area contributed by atoms with Crippen LogP contribution < -0.4 is 18.9 Å². The Morgan fingerprint density at radius 1 is 0.761 bits per heavy atom. The van der Waals surface area contributed by atoms with E-state index in [1.54, 1.807) is 42.5 Å². The molecule has 0 bridgehead atoms. The molecule has 0 N–H and O–H groups in total. The van der Waals surface area contributed by atoms with Crippen molar-refractivity contribution < 1.29 is 38.3 Å². The van der Waals surface area contributed by atoms with Gasteiger partial charge in [0.2, 0.25) is 0 Å². The summed E-state index contributed by atoms with van der Waals surface area (Å²) in [4.78, 5) is 48.4. The van der Waals surface area contributed by atoms with Gasteiger partial charge < -0.3 is 18.9 Å². The van der Waals surface area contributed by atoms with Gasteiger partial charge in [-0.1, -0.05) is 36.4 Å². The molecule has 11 nitrogen and oxygen atoms in total. The van der Waals surface area contributed by atoms with Gasteiger partial charge in [0.25, 0.3) is 16.8 Å². The fourth-order valence-corrected chi connectivity index (χ4v) is 5.43. The Morgan fingerprint density at radius 3 is 1.91 bits per heavy atom. The Kier molecular flexibility index (Phi) is 9.98. The molecule has 2 amide bonds. The van der Waals surface area contributed by atoms with Gasteiger partial charge in [-0.3, -0.25) is 29.4 Å². The molecule has 0 aliphatic carbocycles. The van der Waals surface area contributed by atoms with Crippen molar-refractivity contribution in [2.45, 2.75) is 19.8 Å². The molecule has 0 aromatic heterocycles. The van der Waals surface area contributed by atoms with Crippen molar-refractivity contribution in [1.82, 2.24) is 4.90 Å². The number of hydrogen-bond donors (Lipinski definition) is 0. The van der Waals surface area contributed by atoms with Crippen LogP contribution >= 0.6 is 11.8 Å². The molecule has 1 aliphatic rings. The number of thioether (sulfide) groups is 1. The molecule has 5 rings (SSSR count). The fourth-order valence-electron chi connectivity index (χ4n) is 4.59. The summed E-state index contributed by atoms with van der Waals surface area (Å²) in [6.07, 6.45) is 2.35. The summed E-state index contributed by atoms with van der Waals surface area (Å²) < 4.78 is 22.8. The van der Waals surface area contributed by atoms with Crippen LogP contribution in [0, 0.1) is 10.1 Å². The normalized spacial score (nSPS) is 13.5. The molecule has 4 aromatic carbocycles. The number of hydrogen-bond acceptors (Lipinski definition) is 10. The van der Waals surface area contributed by atoms with Crippen molar-refractivity contribution >= 4 is 41.0 Å². The zero-order valence-corrected chi connectivity index (χ0v) is 25.7. The van der Waals surface area contributed by atoms with E-state index >= 15 is 0 Å². The van der Waals surface area contributed by atoms with Gasteiger partial charge in [-0.05, 0) is 76.5 Å². The lowest BCUT2D eigenvalue weighted by Gasteiger charge is -2.13. The fraction of sp³-hybridized carbons (Fsp3) is 0.147. The topological polar surface area (TPSA) is 135 Å². The van der Waals surface area contributed by atoms with Crippen molar-refractivity contribution in [3.8, 4) is 23.0 Å². The first-order chi connectivity index (χ1) is 22.3. The molecule has 0 radical (unpaired) electrons. The first kappa shape index (κ1) is 31.8. The lowest BCUT2D eigenvalue weighted by Crippen LogP contribution is -2.27. The van der Waals surface area contributed by atoms with Crippen LogP contribution in [-0.2, 0) is 24.6 Å². The Bertz CT molecular complexity index is 1820. The van der Waals surface area contributed by atoms with Crippen molar-refractivity contribution in [3.05, 3.63) is 128 Å². The van der Waals surface area contributed by atoms with Gasteiger partial charge in [0.05, 0.1) is 30.6 Å². The average molecular weight is 641 g/mol. The number of nitro benzene ring substituents is 1. The number of amides is 2. The minimum atomic E-state index is -0.510. The molecule has 46 heavy (non-hydrogen) atoms. The van der Waals surface area contributed by atoms with E-state index in [2.05, 4.69) is 0 Å². The molecular weight excluding hydrogens is 612 g/mol. The summed E-state index contributed by atoms with van der Waals surface area (Å²) in [5.74, 6) is 1.48. The number of methoxy groups -OCH3 is 2. The maximum atomic E-state index is 13.0. The SMILES string of the molecule is COc1cc(C=O)ccc1OCc1cccc(COc2ccc(/C=C3\SC(=O)N(Cc4ccc([N+](=O)[O-])cc4)C3=O)cc2OC)c1. The number of carbonyl (C=O) groups is 3. The number of aldehydes is 1. The van der Waals surface area contributed by atoms with E-state index < -0.39 is 16.1 Å². The molecular formula is C34H28N2O9S. The lowest BCUT2D eigenvalue weighted by molar-refractivity contribution is -0.384. The van der Waals surface area contributed by atoms with E-state index in [4.69, 9.17) is 18.9 Å². The van der Waals surface area contributed by atoms with E-state index in [1.807, 2.05) is 24.3 Å². The van der Waals surface area contributed by atoms with Crippen LogP contribution in [0.15, 0.2) is 89.8 Å². The summed E-state index contributed by atoms with van der Waals surface area (Å²) in [6, 6.07) is 23.6. The molecule has 0 unspecified atom stereocenters. The zero-order valence-electron chi connectivity index (χ0n) is 24.8. The summed E-state index contributed by atoms with van der Waals surface area (Å²) >= 11 is 0.824. The lowest BCUT2D eigenvalue weighted by atomic mass is 10.1. The van der Waals surface area contributed by atoms with Gasteiger partial charge in [-0.2, -0.15) is 0 Å². The molecule has 0 atom stereocenters. The van der Waals surface area contributed by atoms with E-state index in [1.165, 1.54) is 38.5 Å². The van der Waals surface area contributed by atoms with E-state index in [9.17, 15) is 24.5 Å². The Balaban J connectivity index is 1.21. The maximum Gasteiger partial charge on any atom is 0.293 e. The number of ether oxygens (including phenoxy) is 4. The Morgan fingerprint density at radius 2 is 1.35 bits per heavy atom. The minimum absolute atomic E-state index is 0.00607. The van der Waals surface area contributed by atoms with Gasteiger partial charge in [-0.15, -0.1) is 0 Å². The van der Waals surface area contributed by atoms with E-state index in [0.29, 0.717) is 39.7 Å². The van der Waals surface area contributed by atoms with Gasteiger partial charge in [-0.25, -0.2) is 0 Å². The highest BCUT2D eigenvalue weighted by Gasteiger charge is 2.35. The molecule has 12 heteroatoms. The standard InChI is InChI=1S/C34H28N2O9S/c1-42-30-15-23(17-32-33(38)35(34(39)46-32)18-22-6-10-27(11-7-22)36(40)41)8-12-28(30)44-20-25-4-3-5-26(14-25)21-45-29-13-9-24(19-37)16-31(29)43-2/h3-17,19H,18,20-21H2,1-2H3/b32-17-. The van der Waals surface area contributed by atoms with Gasteiger partial charge >= 0.3 is 0 Å². The largest absolute Gasteiger partial charge is 0.493 e. The number of rotatable bonds is 13. The number of imide groups is 1. The van der Waals surface area contributed by atoms with Crippen LogP contribution in [-0.4, -0.2) is 41.5 Å². The number of benzene rings is 4. The Hall–Kier alpha value is -5.62. The highest BCUT2D eigenvalue weighted by atomic mass is 32.2. The number of nitro groups is 1. The summed E-state index contributed by atoms with van der Waals surface area (Å²) in [6.45, 7) is 0.538. The maximum absolute atomic E-state index is 13.0. The molecule has 1 fully saturated rings. The Labute approximate surface area is 268 Å². The third kappa shape index (κ3) is 7.53. The number of nitrogens with zero attached hydrogens (tertiary/aromatic N) is 2.